The van der Waals surface area contributed by atoms with Gasteiger partial charge in [0.15, 0.2) is 11.5 Å². The number of fused-ring (bicyclic) bond motifs is 1. The first-order chi connectivity index (χ1) is 10.3. The fourth-order valence-electron chi connectivity index (χ4n) is 1.86. The van der Waals surface area contributed by atoms with Gasteiger partial charge in [-0.25, -0.2) is 18.4 Å². The van der Waals surface area contributed by atoms with Gasteiger partial charge in [0.1, 0.15) is 9.50 Å². The van der Waals surface area contributed by atoms with Crippen molar-refractivity contribution >= 4 is 37.4 Å². The lowest BCUT2D eigenvalue weighted by molar-refractivity contribution is 0.531. The van der Waals surface area contributed by atoms with Gasteiger partial charge in [-0.3, -0.25) is 9.40 Å². The lowest BCUT2D eigenvalue weighted by Gasteiger charge is -2.04. The number of halogens is 1. The van der Waals surface area contributed by atoms with Crippen molar-refractivity contribution in [1.29, 1.82) is 0 Å². The highest BCUT2D eigenvalue weighted by molar-refractivity contribution is 9.10. The summed E-state index contributed by atoms with van der Waals surface area (Å²) in [6.45, 7) is 3.84. The van der Waals surface area contributed by atoms with Crippen molar-refractivity contribution in [2.75, 3.05) is 4.72 Å². The van der Waals surface area contributed by atoms with Gasteiger partial charge in [-0.15, -0.1) is 0 Å². The van der Waals surface area contributed by atoms with E-state index < -0.39 is 10.0 Å². The van der Waals surface area contributed by atoms with E-state index >= 15 is 0 Å². The van der Waals surface area contributed by atoms with Gasteiger partial charge in [-0.05, 0) is 29.8 Å². The highest BCUT2D eigenvalue weighted by atomic mass is 79.9. The van der Waals surface area contributed by atoms with Crippen LogP contribution in [0.25, 0.3) is 5.65 Å². The molecular formula is C12H13BrN6O2S. The van der Waals surface area contributed by atoms with Crippen molar-refractivity contribution in [3.05, 3.63) is 35.6 Å². The molecule has 0 aliphatic rings. The lowest BCUT2D eigenvalue weighted by Crippen LogP contribution is -2.12. The summed E-state index contributed by atoms with van der Waals surface area (Å²) in [5.74, 6) is 0.220. The van der Waals surface area contributed by atoms with Gasteiger partial charge in [-0.2, -0.15) is 5.10 Å². The van der Waals surface area contributed by atoms with E-state index in [1.807, 2.05) is 13.8 Å². The van der Waals surface area contributed by atoms with E-state index in [0.717, 1.165) is 0 Å². The van der Waals surface area contributed by atoms with Gasteiger partial charge < -0.3 is 4.40 Å². The molecule has 0 amide bonds. The predicted octanol–water partition coefficient (Wildman–Crippen LogP) is 2.07. The third-order valence-electron chi connectivity index (χ3n) is 2.97. The Balaban J connectivity index is 1.91. The zero-order chi connectivity index (χ0) is 15.9. The normalized spacial score (nSPS) is 12.2. The smallest absolute Gasteiger partial charge is 0.266 e. The molecule has 0 spiro atoms. The van der Waals surface area contributed by atoms with Gasteiger partial charge in [-0.1, -0.05) is 0 Å². The molecule has 0 aliphatic carbocycles. The molecule has 8 nitrogen and oxygen atoms in total. The summed E-state index contributed by atoms with van der Waals surface area (Å²) in [6, 6.07) is 0.0857. The van der Waals surface area contributed by atoms with Crippen LogP contribution in [0, 0.1) is 0 Å². The lowest BCUT2D eigenvalue weighted by atomic mass is 10.4. The van der Waals surface area contributed by atoms with Crippen molar-refractivity contribution in [2.45, 2.75) is 24.8 Å². The molecule has 0 aliphatic heterocycles. The first-order valence-electron chi connectivity index (χ1n) is 6.42. The molecule has 0 aromatic carbocycles. The maximum absolute atomic E-state index is 12.3. The largest absolute Gasteiger partial charge is 0.301 e. The quantitative estimate of drug-likeness (QED) is 0.742. The van der Waals surface area contributed by atoms with Crippen LogP contribution in [0.3, 0.4) is 0 Å². The topological polar surface area (TPSA) is 94.2 Å². The van der Waals surface area contributed by atoms with Crippen LogP contribution in [0.5, 0.6) is 0 Å². The number of imidazole rings is 1. The summed E-state index contributed by atoms with van der Waals surface area (Å²) in [7, 11) is -3.73. The van der Waals surface area contributed by atoms with E-state index in [1.165, 1.54) is 12.4 Å². The molecule has 0 atom stereocenters. The Morgan fingerprint density at radius 2 is 2.00 bits per heavy atom. The van der Waals surface area contributed by atoms with Gasteiger partial charge in [0.2, 0.25) is 0 Å². The van der Waals surface area contributed by atoms with E-state index in [-0.39, 0.29) is 16.8 Å². The molecule has 3 aromatic heterocycles. The average Bonchev–Trinajstić information content (AvgIpc) is 3.03. The first-order valence-corrected chi connectivity index (χ1v) is 8.70. The third-order valence-corrected chi connectivity index (χ3v) is 4.68. The minimum Gasteiger partial charge on any atom is -0.301 e. The summed E-state index contributed by atoms with van der Waals surface area (Å²) in [5, 5.41) is 4.03. The van der Waals surface area contributed by atoms with Crippen molar-refractivity contribution in [2.24, 2.45) is 0 Å². The van der Waals surface area contributed by atoms with Crippen LogP contribution in [-0.2, 0) is 10.0 Å². The minimum absolute atomic E-state index is 0.0857. The monoisotopic (exact) mass is 384 g/mol. The summed E-state index contributed by atoms with van der Waals surface area (Å²) in [6.07, 6.45) is 7.61. The van der Waals surface area contributed by atoms with Crippen molar-refractivity contribution in [3.63, 3.8) is 0 Å². The summed E-state index contributed by atoms with van der Waals surface area (Å²) >= 11 is 3.25. The summed E-state index contributed by atoms with van der Waals surface area (Å²) in [5.41, 5.74) is 0.541. The van der Waals surface area contributed by atoms with Crippen LogP contribution in [0.2, 0.25) is 0 Å². The number of hydrogen-bond acceptors (Lipinski definition) is 5. The van der Waals surface area contributed by atoms with E-state index in [4.69, 9.17) is 0 Å². The molecule has 0 fully saturated rings. The zero-order valence-electron chi connectivity index (χ0n) is 11.8. The Hall–Kier alpha value is -1.94. The van der Waals surface area contributed by atoms with Gasteiger partial charge >= 0.3 is 0 Å². The second-order valence-corrected chi connectivity index (χ2v) is 7.45. The second-order valence-electron chi connectivity index (χ2n) is 4.96. The van der Waals surface area contributed by atoms with E-state index in [1.54, 1.807) is 27.7 Å². The number of nitrogens with one attached hydrogen (secondary N) is 1. The van der Waals surface area contributed by atoms with E-state index in [0.29, 0.717) is 10.3 Å². The number of nitrogens with zero attached hydrogens (tertiary/aromatic N) is 5. The molecule has 3 rings (SSSR count). The molecule has 1 N–H and O–H groups in total. The Morgan fingerprint density at radius 1 is 1.23 bits per heavy atom. The van der Waals surface area contributed by atoms with Crippen LogP contribution in [-0.4, -0.2) is 32.6 Å². The number of aromatic nitrogens is 5. The minimum atomic E-state index is -3.73. The van der Waals surface area contributed by atoms with Crippen LogP contribution in [0.4, 0.5) is 5.82 Å². The number of anilines is 1. The van der Waals surface area contributed by atoms with Crippen molar-refractivity contribution in [3.8, 4) is 0 Å². The molecule has 22 heavy (non-hydrogen) atoms. The zero-order valence-corrected chi connectivity index (χ0v) is 14.2. The molecule has 0 saturated carbocycles. The first kappa shape index (κ1) is 15.0. The molecule has 0 radical (unpaired) electrons. The third kappa shape index (κ3) is 2.83. The SMILES string of the molecule is CC(C)n1cc(S(=O)(=O)Nc2cn3cc(Br)ncc3n2)cn1. The second kappa shape index (κ2) is 5.36. The van der Waals surface area contributed by atoms with Gasteiger partial charge in [0, 0.05) is 18.4 Å². The maximum atomic E-state index is 12.3. The number of rotatable bonds is 4. The van der Waals surface area contributed by atoms with Crippen LogP contribution in [0.1, 0.15) is 19.9 Å². The predicted molar refractivity (Wildman–Crippen MR) is 84.1 cm³/mol. The van der Waals surface area contributed by atoms with Gasteiger partial charge in [0.25, 0.3) is 10.0 Å². The van der Waals surface area contributed by atoms with Gasteiger partial charge in [0.05, 0.1) is 18.6 Å². The Morgan fingerprint density at radius 3 is 2.68 bits per heavy atom. The Bertz CT molecular complexity index is 930. The average molecular weight is 385 g/mol. The van der Waals surface area contributed by atoms with Crippen LogP contribution in [0.15, 0.2) is 40.5 Å². The Labute approximate surface area is 135 Å². The summed E-state index contributed by atoms with van der Waals surface area (Å²) < 4.78 is 31.0. The van der Waals surface area contributed by atoms with Crippen molar-refractivity contribution < 1.29 is 8.42 Å². The fraction of sp³-hybridized carbons (Fsp3) is 0.250. The number of sulfonamides is 1. The maximum Gasteiger partial charge on any atom is 0.266 e. The van der Waals surface area contributed by atoms with Crippen LogP contribution < -0.4 is 4.72 Å². The standard InChI is InChI=1S/C12H13BrN6O2S/c1-8(2)19-5-9(3-15-19)22(20,21)17-11-7-18-6-10(13)14-4-12(18)16-11/h3-8,17H,1-2H3. The molecule has 0 saturated heterocycles. The highest BCUT2D eigenvalue weighted by Crippen LogP contribution is 2.17. The molecule has 3 heterocycles. The summed E-state index contributed by atoms with van der Waals surface area (Å²) in [4.78, 5) is 8.30. The molecule has 116 valence electrons. The molecule has 0 unspecified atom stereocenters. The van der Waals surface area contributed by atoms with E-state index in [9.17, 15) is 8.42 Å². The molecule has 0 bridgehead atoms. The molecule has 10 heteroatoms. The number of hydrogen-bond donors (Lipinski definition) is 1. The van der Waals surface area contributed by atoms with Crippen molar-refractivity contribution in [1.82, 2.24) is 24.1 Å². The molecule has 3 aromatic rings. The molecular weight excluding hydrogens is 372 g/mol. The van der Waals surface area contributed by atoms with Crippen LogP contribution >= 0.6 is 15.9 Å². The Kier molecular flexibility index (Phi) is 3.65. The highest BCUT2D eigenvalue weighted by Gasteiger charge is 2.19. The van der Waals surface area contributed by atoms with E-state index in [2.05, 4.69) is 35.7 Å². The fourth-order valence-corrected chi connectivity index (χ4v) is 3.11.